The first-order valence-corrected chi connectivity index (χ1v) is 17.0. The number of unbranched alkanes of at least 4 members (excludes halogenated alkanes) is 2. The van der Waals surface area contributed by atoms with Crippen LogP contribution in [0.2, 0.25) is 0 Å². The van der Waals surface area contributed by atoms with Gasteiger partial charge in [-0.1, -0.05) is 19.9 Å². The Balaban J connectivity index is 0.998. The molecule has 5 rings (SSSR count). The van der Waals surface area contributed by atoms with Crippen LogP contribution < -0.4 is 18.9 Å². The maximum atomic E-state index is 12.9. The summed E-state index contributed by atoms with van der Waals surface area (Å²) in [7, 11) is 0. The topological polar surface area (TPSA) is 108 Å². The first-order valence-electron chi connectivity index (χ1n) is 17.0. The van der Waals surface area contributed by atoms with Gasteiger partial charge in [-0.05, 0) is 93.3 Å². The van der Waals surface area contributed by atoms with Gasteiger partial charge in [-0.2, -0.15) is 0 Å². The second kappa shape index (κ2) is 17.6. The Kier molecular flexibility index (Phi) is 13.1. The lowest BCUT2D eigenvalue weighted by Crippen LogP contribution is -2.43. The highest BCUT2D eigenvalue weighted by Gasteiger charge is 2.34. The highest BCUT2D eigenvalue weighted by Crippen LogP contribution is 2.30. The molecule has 3 aromatic carbocycles. The first kappa shape index (κ1) is 36.3. The van der Waals surface area contributed by atoms with Gasteiger partial charge in [0.05, 0.1) is 64.0 Å². The maximum absolute atomic E-state index is 12.9. The molecule has 0 bridgehead atoms. The summed E-state index contributed by atoms with van der Waals surface area (Å²) in [5.74, 6) is 0.901. The van der Waals surface area contributed by atoms with Crippen LogP contribution in [0.15, 0.2) is 66.7 Å². The Morgan fingerprint density at radius 1 is 0.592 bits per heavy atom. The third kappa shape index (κ3) is 11.0. The van der Waals surface area contributed by atoms with Gasteiger partial charge in [0.1, 0.15) is 23.0 Å². The number of hydrogen-bond donors (Lipinski definition) is 0. The van der Waals surface area contributed by atoms with Crippen LogP contribution in [0.3, 0.4) is 0 Å². The van der Waals surface area contributed by atoms with Crippen molar-refractivity contribution in [2.75, 3.05) is 66.1 Å². The zero-order valence-electron chi connectivity index (χ0n) is 28.8. The number of ether oxygens (including phenoxy) is 8. The predicted octanol–water partition coefficient (Wildman–Crippen LogP) is 6.86. The summed E-state index contributed by atoms with van der Waals surface area (Å²) in [6.07, 6.45) is 3.55. The van der Waals surface area contributed by atoms with Crippen LogP contribution in [0.25, 0.3) is 0 Å². The van der Waals surface area contributed by atoms with Crippen molar-refractivity contribution in [3.05, 3.63) is 83.4 Å². The van der Waals surface area contributed by atoms with Crippen molar-refractivity contribution in [1.82, 2.24) is 0 Å². The molecule has 3 aromatic rings. The monoisotopic (exact) mass is 676 g/mol. The van der Waals surface area contributed by atoms with Crippen molar-refractivity contribution in [3.63, 3.8) is 0 Å². The van der Waals surface area contributed by atoms with Crippen LogP contribution in [0.5, 0.6) is 23.0 Å². The first-order chi connectivity index (χ1) is 23.7. The molecule has 0 unspecified atom stereocenters. The third-order valence-electron chi connectivity index (χ3n) is 8.43. The predicted molar refractivity (Wildman–Crippen MR) is 183 cm³/mol. The summed E-state index contributed by atoms with van der Waals surface area (Å²) in [5, 5.41) is 0. The van der Waals surface area contributed by atoms with Gasteiger partial charge in [0.15, 0.2) is 0 Å². The van der Waals surface area contributed by atoms with Gasteiger partial charge in [-0.25, -0.2) is 9.59 Å². The summed E-state index contributed by atoms with van der Waals surface area (Å²) in [4.78, 5) is 25.8. The Hall–Kier alpha value is -3.96. The second-order valence-corrected chi connectivity index (χ2v) is 13.5. The van der Waals surface area contributed by atoms with E-state index < -0.39 is 11.9 Å². The van der Waals surface area contributed by atoms with E-state index in [1.54, 1.807) is 73.7 Å². The molecule has 2 aliphatic rings. The van der Waals surface area contributed by atoms with E-state index >= 15 is 0 Å². The smallest absolute Gasteiger partial charge is 0.343 e. The van der Waals surface area contributed by atoms with E-state index in [1.165, 1.54) is 0 Å². The summed E-state index contributed by atoms with van der Waals surface area (Å²) >= 11 is 0. The minimum atomic E-state index is -0.526. The Bertz CT molecular complexity index is 1380. The standard InChI is InChI=1S/C39H48O10/c1-29-34(48-36(40)30-11-15-32(16-12-30)46-21-6-4-19-42-23-38(2)25-44-26-38)9-8-10-35(29)49-37(41)31-13-17-33(18-14-31)47-22-7-5-20-43-24-39(3)27-45-28-39/h8-18H,4-7,19-28H2,1-3H3. The van der Waals surface area contributed by atoms with Crippen LogP contribution in [0.1, 0.15) is 65.8 Å². The number of rotatable bonds is 20. The van der Waals surface area contributed by atoms with Crippen molar-refractivity contribution < 1.29 is 47.5 Å². The largest absolute Gasteiger partial charge is 0.494 e. The molecule has 0 radical (unpaired) electrons. The quantitative estimate of drug-likeness (QED) is 0.0716. The van der Waals surface area contributed by atoms with Gasteiger partial charge in [-0.3, -0.25) is 0 Å². The van der Waals surface area contributed by atoms with Crippen molar-refractivity contribution in [1.29, 1.82) is 0 Å². The van der Waals surface area contributed by atoms with Crippen LogP contribution in [-0.2, 0) is 18.9 Å². The van der Waals surface area contributed by atoms with Gasteiger partial charge < -0.3 is 37.9 Å². The summed E-state index contributed by atoms with van der Waals surface area (Å²) in [5.41, 5.74) is 1.61. The molecular weight excluding hydrogens is 628 g/mol. The average molecular weight is 677 g/mol. The fourth-order valence-corrected chi connectivity index (χ4v) is 5.20. The Morgan fingerprint density at radius 2 is 0.980 bits per heavy atom. The summed E-state index contributed by atoms with van der Waals surface area (Å²) < 4.78 is 44.9. The minimum absolute atomic E-state index is 0.166. The second-order valence-electron chi connectivity index (χ2n) is 13.5. The fraction of sp³-hybridized carbons (Fsp3) is 0.487. The van der Waals surface area contributed by atoms with Crippen molar-refractivity contribution in [2.45, 2.75) is 46.5 Å². The normalized spacial score (nSPS) is 15.8. The highest BCUT2D eigenvalue weighted by molar-refractivity contribution is 5.92. The minimum Gasteiger partial charge on any atom is -0.494 e. The van der Waals surface area contributed by atoms with E-state index in [0.717, 1.165) is 65.3 Å². The van der Waals surface area contributed by atoms with Gasteiger partial charge in [0.25, 0.3) is 0 Å². The molecule has 0 aromatic heterocycles. The molecule has 0 saturated carbocycles. The number of esters is 2. The van der Waals surface area contributed by atoms with E-state index in [4.69, 9.17) is 37.9 Å². The molecule has 0 N–H and O–H groups in total. The molecule has 264 valence electrons. The van der Waals surface area contributed by atoms with Crippen molar-refractivity contribution in [3.8, 4) is 23.0 Å². The zero-order chi connectivity index (χ0) is 34.5. The Morgan fingerprint density at radius 3 is 1.35 bits per heavy atom. The number of carbonyl (C=O) groups is 2. The van der Waals surface area contributed by atoms with Crippen LogP contribution in [-0.4, -0.2) is 78.0 Å². The molecule has 0 atom stereocenters. The zero-order valence-corrected chi connectivity index (χ0v) is 28.8. The van der Waals surface area contributed by atoms with Crippen molar-refractivity contribution >= 4 is 11.9 Å². The summed E-state index contributed by atoms with van der Waals surface area (Å²) in [6.45, 7) is 13.1. The van der Waals surface area contributed by atoms with E-state index in [2.05, 4.69) is 13.8 Å². The number of hydrogen-bond acceptors (Lipinski definition) is 10. The molecule has 0 aliphatic carbocycles. The molecule has 2 fully saturated rings. The maximum Gasteiger partial charge on any atom is 0.343 e. The van der Waals surface area contributed by atoms with E-state index in [-0.39, 0.29) is 10.8 Å². The summed E-state index contributed by atoms with van der Waals surface area (Å²) in [6, 6.07) is 18.6. The molecule has 2 saturated heterocycles. The van der Waals surface area contributed by atoms with Crippen LogP contribution >= 0.6 is 0 Å². The lowest BCUT2D eigenvalue weighted by atomic mass is 9.90. The van der Waals surface area contributed by atoms with Gasteiger partial charge in [-0.15, -0.1) is 0 Å². The lowest BCUT2D eigenvalue weighted by molar-refractivity contribution is -0.138. The molecule has 0 amide bonds. The van der Waals surface area contributed by atoms with E-state index in [0.29, 0.717) is 66.1 Å². The van der Waals surface area contributed by atoms with E-state index in [1.807, 2.05) is 0 Å². The van der Waals surface area contributed by atoms with Gasteiger partial charge in [0.2, 0.25) is 0 Å². The van der Waals surface area contributed by atoms with Gasteiger partial charge in [0, 0.05) is 29.6 Å². The van der Waals surface area contributed by atoms with E-state index in [9.17, 15) is 9.59 Å². The van der Waals surface area contributed by atoms with Gasteiger partial charge >= 0.3 is 11.9 Å². The van der Waals surface area contributed by atoms with Crippen molar-refractivity contribution in [2.24, 2.45) is 10.8 Å². The lowest BCUT2D eigenvalue weighted by Gasteiger charge is -2.37. The molecular formula is C39H48O10. The molecule has 10 heteroatoms. The molecule has 10 nitrogen and oxygen atoms in total. The fourth-order valence-electron chi connectivity index (χ4n) is 5.20. The van der Waals surface area contributed by atoms with Crippen LogP contribution in [0.4, 0.5) is 0 Å². The number of carbonyl (C=O) groups excluding carboxylic acids is 2. The average Bonchev–Trinajstić information content (AvgIpc) is 3.08. The third-order valence-corrected chi connectivity index (χ3v) is 8.43. The highest BCUT2D eigenvalue weighted by atomic mass is 16.6. The Labute approximate surface area is 288 Å². The van der Waals surface area contributed by atoms with Crippen LogP contribution in [0, 0.1) is 17.8 Å². The molecule has 49 heavy (non-hydrogen) atoms. The molecule has 2 aliphatic heterocycles. The molecule has 2 heterocycles. The number of benzene rings is 3. The molecule has 0 spiro atoms. The SMILES string of the molecule is Cc1c(OC(=O)c2ccc(OCCCCOCC3(C)COC3)cc2)cccc1OC(=O)c1ccc(OCCCCOCC2(C)COC2)cc1.